The smallest absolute Gasteiger partial charge is 0.300 e. The summed E-state index contributed by atoms with van der Waals surface area (Å²) in [6.45, 7) is 4.99. The number of aromatic nitrogens is 5. The fourth-order valence-corrected chi connectivity index (χ4v) is 4.32. The quantitative estimate of drug-likeness (QED) is 0.444. The molecule has 1 amide bonds. The number of ether oxygens (including phenoxy) is 2. The van der Waals surface area contributed by atoms with Crippen LogP contribution in [0.4, 0.5) is 17.7 Å². The molecule has 0 unspecified atom stereocenters. The molecule has 0 aromatic carbocycles. The zero-order valence-corrected chi connectivity index (χ0v) is 19.9. The highest BCUT2D eigenvalue weighted by molar-refractivity contribution is 6.08. The second-order valence-electron chi connectivity index (χ2n) is 8.64. The maximum Gasteiger partial charge on any atom is 0.300 e. The fraction of sp³-hybridized carbons (Fsp3) is 0.375. The Balaban J connectivity index is 1.34. The first-order valence-electron chi connectivity index (χ1n) is 11.9. The summed E-state index contributed by atoms with van der Waals surface area (Å²) in [5.41, 5.74) is 2.89. The van der Waals surface area contributed by atoms with Crippen LogP contribution in [0.3, 0.4) is 0 Å². The lowest BCUT2D eigenvalue weighted by Gasteiger charge is -2.29. The number of rotatable bonds is 5. The number of carbonyl (C=O) groups excluding carboxylic acids is 1. The Kier molecular flexibility index (Phi) is 5.95. The van der Waals surface area contributed by atoms with Crippen molar-refractivity contribution in [1.82, 2.24) is 24.7 Å². The number of carbonyl (C=O) groups is 1. The predicted molar refractivity (Wildman–Crippen MR) is 132 cm³/mol. The Morgan fingerprint density at radius 2 is 1.72 bits per heavy atom. The molecule has 0 bridgehead atoms. The Morgan fingerprint density at radius 3 is 2.44 bits per heavy atom. The molecule has 36 heavy (non-hydrogen) atoms. The maximum atomic E-state index is 13.5. The number of morpholine rings is 2. The lowest BCUT2D eigenvalue weighted by Crippen LogP contribution is -2.38. The highest BCUT2D eigenvalue weighted by Gasteiger charge is 2.25. The normalized spacial score (nSPS) is 16.5. The molecule has 2 aliphatic rings. The molecule has 2 saturated heterocycles. The fourth-order valence-electron chi connectivity index (χ4n) is 4.32. The van der Waals surface area contributed by atoms with E-state index in [4.69, 9.17) is 18.9 Å². The van der Waals surface area contributed by atoms with Gasteiger partial charge in [-0.1, -0.05) is 6.07 Å². The molecule has 2 fully saturated rings. The number of anilines is 3. The van der Waals surface area contributed by atoms with E-state index in [0.29, 0.717) is 92.7 Å². The van der Waals surface area contributed by atoms with Crippen molar-refractivity contribution in [2.45, 2.75) is 0 Å². The first-order valence-corrected chi connectivity index (χ1v) is 11.9. The number of pyridine rings is 2. The highest BCUT2D eigenvalue weighted by Crippen LogP contribution is 2.29. The second-order valence-corrected chi connectivity index (χ2v) is 8.64. The molecule has 6 heterocycles. The zero-order valence-electron chi connectivity index (χ0n) is 19.9. The van der Waals surface area contributed by atoms with E-state index in [1.165, 1.54) is 0 Å². The SMILES string of the molecule is Cn1cc(-c2cccc(NC(=O)c3cc4oc(N5CCOCC5)nc4nc3N3CCOCC3)n2)cn1. The number of fused-ring (bicyclic) bond motifs is 1. The van der Waals surface area contributed by atoms with Crippen molar-refractivity contribution in [3.63, 3.8) is 0 Å². The van der Waals surface area contributed by atoms with Crippen LogP contribution in [0.1, 0.15) is 10.4 Å². The summed E-state index contributed by atoms with van der Waals surface area (Å²) in [6.07, 6.45) is 3.61. The molecule has 4 aromatic rings. The van der Waals surface area contributed by atoms with Crippen LogP contribution in [0.5, 0.6) is 0 Å². The Morgan fingerprint density at radius 1 is 0.972 bits per heavy atom. The minimum Gasteiger partial charge on any atom is -0.422 e. The zero-order chi connectivity index (χ0) is 24.5. The van der Waals surface area contributed by atoms with E-state index < -0.39 is 0 Å². The van der Waals surface area contributed by atoms with Crippen molar-refractivity contribution < 1.29 is 18.7 Å². The van der Waals surface area contributed by atoms with E-state index >= 15 is 0 Å². The van der Waals surface area contributed by atoms with Crippen molar-refractivity contribution in [3.8, 4) is 11.3 Å². The second kappa shape index (κ2) is 9.55. The van der Waals surface area contributed by atoms with Gasteiger partial charge < -0.3 is 29.0 Å². The predicted octanol–water partition coefficient (Wildman–Crippen LogP) is 1.94. The van der Waals surface area contributed by atoms with Gasteiger partial charge >= 0.3 is 0 Å². The van der Waals surface area contributed by atoms with Gasteiger partial charge in [0.25, 0.3) is 11.9 Å². The number of hydrogen-bond acceptors (Lipinski definition) is 10. The Labute approximate surface area is 206 Å². The third-order valence-corrected chi connectivity index (χ3v) is 6.18. The van der Waals surface area contributed by atoms with E-state index in [9.17, 15) is 4.79 Å². The van der Waals surface area contributed by atoms with E-state index in [-0.39, 0.29) is 5.91 Å². The van der Waals surface area contributed by atoms with Gasteiger partial charge in [-0.25, -0.2) is 9.97 Å². The topological polar surface area (TPSA) is 124 Å². The average molecular weight is 491 g/mol. The van der Waals surface area contributed by atoms with Crippen molar-refractivity contribution in [2.24, 2.45) is 7.05 Å². The average Bonchev–Trinajstić information content (AvgIpc) is 3.55. The number of oxazole rings is 1. The van der Waals surface area contributed by atoms with Crippen molar-refractivity contribution in [3.05, 3.63) is 42.2 Å². The molecular weight excluding hydrogens is 464 g/mol. The highest BCUT2D eigenvalue weighted by atomic mass is 16.5. The molecule has 12 heteroatoms. The molecule has 6 rings (SSSR count). The van der Waals surface area contributed by atoms with Gasteiger partial charge in [-0.05, 0) is 12.1 Å². The molecule has 0 atom stereocenters. The Hall–Kier alpha value is -4.03. The monoisotopic (exact) mass is 490 g/mol. The summed E-state index contributed by atoms with van der Waals surface area (Å²) >= 11 is 0. The third-order valence-electron chi connectivity index (χ3n) is 6.18. The summed E-state index contributed by atoms with van der Waals surface area (Å²) in [7, 11) is 1.85. The summed E-state index contributed by atoms with van der Waals surface area (Å²) in [5, 5.41) is 7.12. The molecule has 12 nitrogen and oxygen atoms in total. The van der Waals surface area contributed by atoms with E-state index in [1.54, 1.807) is 23.0 Å². The molecule has 0 aliphatic carbocycles. The van der Waals surface area contributed by atoms with Crippen LogP contribution in [-0.2, 0) is 16.5 Å². The summed E-state index contributed by atoms with van der Waals surface area (Å²) < 4.78 is 18.7. The van der Waals surface area contributed by atoms with Crippen molar-refractivity contribution >= 4 is 34.8 Å². The summed E-state index contributed by atoms with van der Waals surface area (Å²) in [5.74, 6) is 0.653. The molecule has 0 saturated carbocycles. The number of aryl methyl sites for hydroxylation is 1. The molecular formula is C24H26N8O4. The lowest BCUT2D eigenvalue weighted by atomic mass is 10.2. The van der Waals surface area contributed by atoms with Gasteiger partial charge in [-0.15, -0.1) is 0 Å². The van der Waals surface area contributed by atoms with Crippen LogP contribution < -0.4 is 15.1 Å². The van der Waals surface area contributed by atoms with Crippen LogP contribution in [-0.4, -0.2) is 83.2 Å². The largest absolute Gasteiger partial charge is 0.422 e. The van der Waals surface area contributed by atoms with E-state index in [0.717, 1.165) is 5.56 Å². The molecule has 1 N–H and O–H groups in total. The Bertz CT molecular complexity index is 1390. The molecule has 4 aromatic heterocycles. The standard InChI is InChI=1S/C24H26N8O4/c1-30-15-16(14-25-30)18-3-2-4-20(26-18)27-23(33)17-13-19-21(28-22(17)31-5-9-34-10-6-31)29-24(36-19)32-7-11-35-12-8-32/h2-4,13-15H,5-12H2,1H3,(H,26,27,33). The summed E-state index contributed by atoms with van der Waals surface area (Å²) in [4.78, 5) is 31.6. The van der Waals surface area contributed by atoms with Gasteiger partial charge in [0.15, 0.2) is 5.58 Å². The molecule has 0 spiro atoms. The van der Waals surface area contributed by atoms with Gasteiger partial charge in [-0.3, -0.25) is 9.48 Å². The van der Waals surface area contributed by atoms with Crippen LogP contribution in [0.25, 0.3) is 22.5 Å². The van der Waals surface area contributed by atoms with Gasteiger partial charge in [0.1, 0.15) is 11.6 Å². The third kappa shape index (κ3) is 4.48. The van der Waals surface area contributed by atoms with Crippen molar-refractivity contribution in [2.75, 3.05) is 67.7 Å². The maximum absolute atomic E-state index is 13.5. The van der Waals surface area contributed by atoms with Crippen LogP contribution in [0.15, 0.2) is 41.1 Å². The number of hydrogen-bond donors (Lipinski definition) is 1. The van der Waals surface area contributed by atoms with Crippen LogP contribution >= 0.6 is 0 Å². The van der Waals surface area contributed by atoms with Gasteiger partial charge in [0, 0.05) is 51.1 Å². The van der Waals surface area contributed by atoms with E-state index in [2.05, 4.69) is 20.4 Å². The lowest BCUT2D eigenvalue weighted by molar-refractivity contribution is 0.102. The minimum absolute atomic E-state index is 0.328. The number of amides is 1. The first kappa shape index (κ1) is 22.4. The molecule has 186 valence electrons. The number of nitrogens with zero attached hydrogens (tertiary/aromatic N) is 7. The first-order chi connectivity index (χ1) is 17.6. The van der Waals surface area contributed by atoms with Crippen molar-refractivity contribution in [1.29, 1.82) is 0 Å². The van der Waals surface area contributed by atoms with Gasteiger partial charge in [-0.2, -0.15) is 10.1 Å². The molecule has 0 radical (unpaired) electrons. The van der Waals surface area contributed by atoms with E-state index in [1.807, 2.05) is 35.2 Å². The molecule has 2 aliphatic heterocycles. The van der Waals surface area contributed by atoms with Gasteiger partial charge in [0.05, 0.1) is 43.9 Å². The van der Waals surface area contributed by atoms with Crippen LogP contribution in [0, 0.1) is 0 Å². The minimum atomic E-state index is -0.328. The van der Waals surface area contributed by atoms with Gasteiger partial charge in [0.2, 0.25) is 5.65 Å². The number of nitrogens with one attached hydrogen (secondary N) is 1. The summed E-state index contributed by atoms with van der Waals surface area (Å²) in [6, 6.07) is 7.67. The van der Waals surface area contributed by atoms with Crippen LogP contribution in [0.2, 0.25) is 0 Å².